The third-order valence-corrected chi connectivity index (χ3v) is 5.30. The summed E-state index contributed by atoms with van der Waals surface area (Å²) in [5.41, 5.74) is 0. The summed E-state index contributed by atoms with van der Waals surface area (Å²) in [6, 6.07) is 3.72. The number of aromatic nitrogens is 4. The molecule has 0 aromatic carbocycles. The van der Waals surface area contributed by atoms with Gasteiger partial charge in [-0.15, -0.1) is 0 Å². The van der Waals surface area contributed by atoms with Crippen molar-refractivity contribution in [3.8, 4) is 0 Å². The van der Waals surface area contributed by atoms with E-state index in [1.54, 1.807) is 6.20 Å². The van der Waals surface area contributed by atoms with Crippen LogP contribution in [0.1, 0.15) is 25.7 Å². The molecule has 2 aromatic rings. The van der Waals surface area contributed by atoms with E-state index in [1.807, 2.05) is 12.1 Å². The van der Waals surface area contributed by atoms with Crippen molar-refractivity contribution < 1.29 is 0 Å². The van der Waals surface area contributed by atoms with Gasteiger partial charge in [-0.3, -0.25) is 0 Å². The zero-order valence-electron chi connectivity index (χ0n) is 13.4. The molecule has 4 heterocycles. The zero-order valence-corrected chi connectivity index (χ0v) is 14.9. The minimum atomic E-state index is 0.630. The molecule has 0 amide bonds. The van der Waals surface area contributed by atoms with Crippen molar-refractivity contribution in [1.82, 2.24) is 19.9 Å². The standard InChI is InChI=1S/C16H19ClN6S/c17-12-5-6-13(18-11-12)24-16-20-14(22-7-1-2-8-22)19-15(21-16)23-9-3-4-10-23/h5-6,11H,1-4,7-10H2. The molecule has 0 atom stereocenters. The molecular weight excluding hydrogens is 344 g/mol. The average molecular weight is 363 g/mol. The average Bonchev–Trinajstić information content (AvgIpc) is 3.30. The highest BCUT2D eigenvalue weighted by Crippen LogP contribution is 2.28. The van der Waals surface area contributed by atoms with Gasteiger partial charge < -0.3 is 9.80 Å². The van der Waals surface area contributed by atoms with Gasteiger partial charge >= 0.3 is 0 Å². The van der Waals surface area contributed by atoms with Gasteiger partial charge in [-0.2, -0.15) is 15.0 Å². The Kier molecular flexibility index (Phi) is 4.71. The number of anilines is 2. The van der Waals surface area contributed by atoms with E-state index >= 15 is 0 Å². The largest absolute Gasteiger partial charge is 0.341 e. The van der Waals surface area contributed by atoms with Gasteiger partial charge in [0.15, 0.2) is 0 Å². The molecule has 2 fully saturated rings. The van der Waals surface area contributed by atoms with E-state index in [9.17, 15) is 0 Å². The summed E-state index contributed by atoms with van der Waals surface area (Å²) >= 11 is 7.37. The lowest BCUT2D eigenvalue weighted by Gasteiger charge is -2.20. The van der Waals surface area contributed by atoms with Gasteiger partial charge in [-0.05, 0) is 49.6 Å². The molecule has 0 spiro atoms. The Morgan fingerprint density at radius 2 is 1.42 bits per heavy atom. The number of pyridine rings is 1. The first-order valence-corrected chi connectivity index (χ1v) is 9.53. The van der Waals surface area contributed by atoms with Gasteiger partial charge in [-0.25, -0.2) is 4.98 Å². The summed E-state index contributed by atoms with van der Waals surface area (Å²) < 4.78 is 0. The summed E-state index contributed by atoms with van der Waals surface area (Å²) in [6.45, 7) is 4.08. The zero-order chi connectivity index (χ0) is 16.4. The van der Waals surface area contributed by atoms with Gasteiger partial charge in [0.1, 0.15) is 5.03 Å². The van der Waals surface area contributed by atoms with Gasteiger partial charge in [0.2, 0.25) is 17.1 Å². The fourth-order valence-electron chi connectivity index (χ4n) is 3.01. The number of nitrogens with zero attached hydrogens (tertiary/aromatic N) is 6. The lowest BCUT2D eigenvalue weighted by atomic mass is 10.4. The fourth-order valence-corrected chi connectivity index (χ4v) is 3.81. The van der Waals surface area contributed by atoms with Crippen LogP contribution in [0.2, 0.25) is 5.02 Å². The van der Waals surface area contributed by atoms with Crippen LogP contribution in [0.5, 0.6) is 0 Å². The van der Waals surface area contributed by atoms with Crippen LogP contribution in [-0.4, -0.2) is 46.1 Å². The molecule has 6 nitrogen and oxygen atoms in total. The predicted molar refractivity (Wildman–Crippen MR) is 96.1 cm³/mol. The second-order valence-corrected chi connectivity index (χ2v) is 7.45. The van der Waals surface area contributed by atoms with Crippen molar-refractivity contribution in [2.75, 3.05) is 36.0 Å². The first kappa shape index (κ1) is 15.9. The summed E-state index contributed by atoms with van der Waals surface area (Å²) in [4.78, 5) is 22.9. The van der Waals surface area contributed by atoms with E-state index in [1.165, 1.54) is 37.4 Å². The highest BCUT2D eigenvalue weighted by atomic mass is 35.5. The van der Waals surface area contributed by atoms with Crippen molar-refractivity contribution in [2.24, 2.45) is 0 Å². The van der Waals surface area contributed by atoms with Crippen LogP contribution in [-0.2, 0) is 0 Å². The van der Waals surface area contributed by atoms with Crippen LogP contribution in [0.4, 0.5) is 11.9 Å². The van der Waals surface area contributed by atoms with Crippen molar-refractivity contribution in [3.05, 3.63) is 23.4 Å². The van der Waals surface area contributed by atoms with Crippen LogP contribution < -0.4 is 9.80 Å². The molecule has 0 unspecified atom stereocenters. The maximum atomic E-state index is 5.91. The van der Waals surface area contributed by atoms with E-state index in [-0.39, 0.29) is 0 Å². The lowest BCUT2D eigenvalue weighted by molar-refractivity contribution is 0.790. The SMILES string of the molecule is Clc1ccc(Sc2nc(N3CCCC3)nc(N3CCCC3)n2)nc1. The molecule has 0 bridgehead atoms. The minimum Gasteiger partial charge on any atom is -0.341 e. The number of rotatable bonds is 4. The lowest BCUT2D eigenvalue weighted by Crippen LogP contribution is -2.25. The quantitative estimate of drug-likeness (QED) is 0.827. The molecule has 2 aromatic heterocycles. The Morgan fingerprint density at radius 1 is 0.833 bits per heavy atom. The van der Waals surface area contributed by atoms with Gasteiger partial charge in [0.05, 0.1) is 5.02 Å². The van der Waals surface area contributed by atoms with Crippen LogP contribution in [0, 0.1) is 0 Å². The van der Waals surface area contributed by atoms with Crippen molar-refractivity contribution in [1.29, 1.82) is 0 Å². The van der Waals surface area contributed by atoms with E-state index in [2.05, 4.69) is 24.8 Å². The molecule has 24 heavy (non-hydrogen) atoms. The fraction of sp³-hybridized carbons (Fsp3) is 0.500. The highest BCUT2D eigenvalue weighted by molar-refractivity contribution is 7.99. The molecule has 2 aliphatic heterocycles. The van der Waals surface area contributed by atoms with E-state index in [4.69, 9.17) is 16.6 Å². The predicted octanol–water partition coefficient (Wildman–Crippen LogP) is 3.27. The van der Waals surface area contributed by atoms with Crippen LogP contribution in [0.25, 0.3) is 0 Å². The Bertz CT molecular complexity index is 664. The number of halogens is 1. The van der Waals surface area contributed by atoms with Crippen molar-refractivity contribution in [3.63, 3.8) is 0 Å². The highest BCUT2D eigenvalue weighted by Gasteiger charge is 2.21. The van der Waals surface area contributed by atoms with Crippen LogP contribution >= 0.6 is 23.4 Å². The first-order valence-electron chi connectivity index (χ1n) is 8.33. The van der Waals surface area contributed by atoms with Gasteiger partial charge in [-0.1, -0.05) is 11.6 Å². The summed E-state index contributed by atoms with van der Waals surface area (Å²) in [5.74, 6) is 1.58. The summed E-state index contributed by atoms with van der Waals surface area (Å²) in [6.07, 6.45) is 6.45. The molecule has 0 radical (unpaired) electrons. The maximum Gasteiger partial charge on any atom is 0.231 e. The van der Waals surface area contributed by atoms with E-state index in [0.717, 1.165) is 43.1 Å². The third kappa shape index (κ3) is 3.57. The normalized spacial score (nSPS) is 17.7. The monoisotopic (exact) mass is 362 g/mol. The van der Waals surface area contributed by atoms with E-state index in [0.29, 0.717) is 10.2 Å². The number of hydrogen-bond acceptors (Lipinski definition) is 7. The van der Waals surface area contributed by atoms with Crippen molar-refractivity contribution >= 4 is 35.3 Å². The minimum absolute atomic E-state index is 0.630. The maximum absolute atomic E-state index is 5.91. The van der Waals surface area contributed by atoms with Crippen LogP contribution in [0.15, 0.2) is 28.5 Å². The molecular formula is C16H19ClN6S. The van der Waals surface area contributed by atoms with Gasteiger partial charge in [0, 0.05) is 32.4 Å². The Hall–Kier alpha value is -1.60. The Labute approximate surface area is 150 Å². The topological polar surface area (TPSA) is 58.0 Å². The van der Waals surface area contributed by atoms with Gasteiger partial charge in [0.25, 0.3) is 0 Å². The van der Waals surface area contributed by atoms with E-state index < -0.39 is 0 Å². The molecule has 8 heteroatoms. The smallest absolute Gasteiger partial charge is 0.231 e. The van der Waals surface area contributed by atoms with Crippen LogP contribution in [0.3, 0.4) is 0 Å². The number of hydrogen-bond donors (Lipinski definition) is 0. The molecule has 126 valence electrons. The second kappa shape index (κ2) is 7.11. The molecule has 0 aliphatic carbocycles. The molecule has 2 saturated heterocycles. The summed E-state index contributed by atoms with van der Waals surface area (Å²) in [7, 11) is 0. The Balaban J connectivity index is 1.64. The molecule has 0 N–H and O–H groups in total. The first-order chi connectivity index (χ1) is 11.8. The summed E-state index contributed by atoms with van der Waals surface area (Å²) in [5, 5.41) is 2.17. The third-order valence-electron chi connectivity index (χ3n) is 4.27. The molecule has 0 saturated carbocycles. The van der Waals surface area contributed by atoms with Crippen molar-refractivity contribution in [2.45, 2.75) is 35.9 Å². The second-order valence-electron chi connectivity index (χ2n) is 6.02. The molecule has 4 rings (SSSR count). The Morgan fingerprint density at radius 3 is 1.92 bits per heavy atom. The molecule has 2 aliphatic rings.